The van der Waals surface area contributed by atoms with Crippen molar-refractivity contribution in [1.29, 1.82) is 0 Å². The molecule has 0 spiro atoms. The summed E-state index contributed by atoms with van der Waals surface area (Å²) in [6.07, 6.45) is 0.583. The molecule has 2 N–H and O–H groups in total. The van der Waals surface area contributed by atoms with Crippen LogP contribution in [0.2, 0.25) is 0 Å². The molecule has 0 radical (unpaired) electrons. The molecule has 1 amide bonds. The fraction of sp³-hybridized carbons (Fsp3) is 0.406. The van der Waals surface area contributed by atoms with Crippen molar-refractivity contribution in [3.05, 3.63) is 86.8 Å². The third-order valence-corrected chi connectivity index (χ3v) is 11.2. The number of carbonyl (C=O) groups excluding carboxylic acids is 2. The Morgan fingerprint density at radius 2 is 1.89 bits per heavy atom. The summed E-state index contributed by atoms with van der Waals surface area (Å²) in [5.74, 6) is -3.84. The zero-order valence-corrected chi connectivity index (χ0v) is 28.0. The lowest BCUT2D eigenvalue weighted by atomic mass is 9.93. The SMILES string of the molecule is CC(C)[C@H](N)C(=O)OCOc1c2n(cc(P(C)(C)=O)c1=O)N([C@@H]1c3ccccc3SCc3c1ccc(F)c3F)[C@@H]1COCCN1C2=O. The van der Waals surface area contributed by atoms with Crippen LogP contribution in [-0.2, 0) is 24.6 Å². The predicted molar refractivity (Wildman–Crippen MR) is 172 cm³/mol. The number of fused-ring (bicyclic) bond motifs is 4. The highest BCUT2D eigenvalue weighted by Gasteiger charge is 2.47. The molecule has 3 aromatic rings. The summed E-state index contributed by atoms with van der Waals surface area (Å²) in [5, 5.41) is 1.65. The Morgan fingerprint density at radius 3 is 2.62 bits per heavy atom. The molecule has 3 aliphatic rings. The fourth-order valence-corrected chi connectivity index (χ4v) is 8.14. The number of aromatic nitrogens is 1. The maximum absolute atomic E-state index is 15.5. The summed E-state index contributed by atoms with van der Waals surface area (Å²) < 4.78 is 62.0. The Morgan fingerprint density at radius 1 is 1.15 bits per heavy atom. The number of amides is 1. The number of hydrogen-bond donors (Lipinski definition) is 1. The van der Waals surface area contributed by atoms with E-state index < -0.39 is 66.9 Å². The number of benzene rings is 2. The molecule has 0 aliphatic carbocycles. The maximum Gasteiger partial charge on any atom is 0.326 e. The lowest BCUT2D eigenvalue weighted by molar-refractivity contribution is -0.152. The summed E-state index contributed by atoms with van der Waals surface area (Å²) in [6, 6.07) is 8.24. The number of ether oxygens (including phenoxy) is 3. The second kappa shape index (κ2) is 12.7. The molecule has 250 valence electrons. The number of esters is 1. The van der Waals surface area contributed by atoms with Crippen LogP contribution in [0.15, 0.2) is 52.3 Å². The van der Waals surface area contributed by atoms with E-state index >= 15 is 4.39 Å². The van der Waals surface area contributed by atoms with Gasteiger partial charge < -0.3 is 29.4 Å². The molecular weight excluding hydrogens is 653 g/mol. The maximum atomic E-state index is 15.5. The lowest BCUT2D eigenvalue weighted by Crippen LogP contribution is -2.67. The Kier molecular flexibility index (Phi) is 8.98. The normalized spacial score (nSPS) is 19.7. The first kappa shape index (κ1) is 33.2. The van der Waals surface area contributed by atoms with Crippen molar-refractivity contribution in [2.45, 2.75) is 42.7 Å². The molecule has 1 aromatic heterocycles. The number of nitrogens with two attached hydrogens (primary N) is 1. The number of morpholine rings is 1. The molecule has 6 rings (SSSR count). The van der Waals surface area contributed by atoms with Gasteiger partial charge in [0.15, 0.2) is 17.3 Å². The zero-order chi connectivity index (χ0) is 33.8. The summed E-state index contributed by atoms with van der Waals surface area (Å²) in [4.78, 5) is 43.0. The van der Waals surface area contributed by atoms with E-state index in [1.165, 1.54) is 46.9 Å². The minimum absolute atomic E-state index is 0.0499. The van der Waals surface area contributed by atoms with Crippen LogP contribution in [0.1, 0.15) is 47.1 Å². The van der Waals surface area contributed by atoms with Crippen molar-refractivity contribution in [2.75, 3.05) is 44.9 Å². The van der Waals surface area contributed by atoms with E-state index in [0.29, 0.717) is 5.56 Å². The second-order valence-electron chi connectivity index (χ2n) is 12.3. The van der Waals surface area contributed by atoms with Gasteiger partial charge in [0.05, 0.1) is 24.6 Å². The van der Waals surface area contributed by atoms with Gasteiger partial charge in [-0.1, -0.05) is 38.1 Å². The van der Waals surface area contributed by atoms with Crippen molar-refractivity contribution in [1.82, 2.24) is 9.58 Å². The van der Waals surface area contributed by atoms with Crippen LogP contribution in [0.4, 0.5) is 8.78 Å². The largest absolute Gasteiger partial charge is 0.451 e. The van der Waals surface area contributed by atoms with E-state index in [1.807, 2.05) is 24.3 Å². The van der Waals surface area contributed by atoms with Gasteiger partial charge in [0.2, 0.25) is 18.0 Å². The van der Waals surface area contributed by atoms with Gasteiger partial charge in [0.25, 0.3) is 5.91 Å². The van der Waals surface area contributed by atoms with Gasteiger partial charge in [0, 0.05) is 29.0 Å². The average molecular weight is 689 g/mol. The van der Waals surface area contributed by atoms with Gasteiger partial charge in [0.1, 0.15) is 19.3 Å². The van der Waals surface area contributed by atoms with E-state index in [4.69, 9.17) is 19.9 Å². The Hall–Kier alpha value is -3.71. The third-order valence-electron chi connectivity index (χ3n) is 8.60. The number of pyridine rings is 1. The summed E-state index contributed by atoms with van der Waals surface area (Å²) in [5.41, 5.74) is 6.25. The van der Waals surface area contributed by atoms with Crippen molar-refractivity contribution < 1.29 is 37.1 Å². The smallest absolute Gasteiger partial charge is 0.326 e. The van der Waals surface area contributed by atoms with E-state index in [2.05, 4.69) is 0 Å². The molecule has 47 heavy (non-hydrogen) atoms. The standard InChI is InChI=1S/C32H35F2N4O7PS/c1-17(2)26(35)32(41)45-16-44-30-28-31(40)36-11-12-43-14-24(36)38(37(28)13-22(29(30)39)46(3,4)42)27-18-9-10-21(33)25(34)20(18)15-47-23-8-6-5-7-19(23)27/h5-10,13,17,24,26-27H,11-12,14-16,35H2,1-4H3/t24-,26+,27+/m1/s1. The van der Waals surface area contributed by atoms with Gasteiger partial charge >= 0.3 is 5.97 Å². The monoisotopic (exact) mass is 688 g/mol. The summed E-state index contributed by atoms with van der Waals surface area (Å²) in [7, 11) is -3.32. The van der Waals surface area contributed by atoms with E-state index in [-0.39, 0.29) is 48.0 Å². The van der Waals surface area contributed by atoms with E-state index in [0.717, 1.165) is 16.5 Å². The Balaban J connectivity index is 1.60. The first-order chi connectivity index (χ1) is 22.3. The molecule has 0 bridgehead atoms. The minimum Gasteiger partial charge on any atom is -0.451 e. The Labute approximate surface area is 274 Å². The van der Waals surface area contributed by atoms with Crippen LogP contribution < -0.4 is 26.2 Å². The molecule has 15 heteroatoms. The van der Waals surface area contributed by atoms with Gasteiger partial charge in [-0.25, -0.2) is 8.78 Å². The van der Waals surface area contributed by atoms with E-state index in [1.54, 1.807) is 18.9 Å². The number of halogens is 2. The molecule has 1 fully saturated rings. The van der Waals surface area contributed by atoms with E-state index in [9.17, 15) is 23.3 Å². The quantitative estimate of drug-likeness (QED) is 0.224. The minimum atomic E-state index is -3.32. The van der Waals surface area contributed by atoms with Gasteiger partial charge in [-0.3, -0.25) is 24.1 Å². The number of thioether (sulfide) groups is 1. The van der Waals surface area contributed by atoms with Gasteiger partial charge in [-0.15, -0.1) is 11.8 Å². The highest BCUT2D eigenvalue weighted by molar-refractivity contribution is 7.98. The topological polar surface area (TPSA) is 133 Å². The molecule has 0 unspecified atom stereocenters. The van der Waals surface area contributed by atoms with Crippen molar-refractivity contribution in [3.8, 4) is 5.75 Å². The molecule has 0 saturated carbocycles. The number of nitrogens with zero attached hydrogens (tertiary/aromatic N) is 3. The molecular formula is C32H35F2N4O7PS. The summed E-state index contributed by atoms with van der Waals surface area (Å²) in [6.45, 7) is 6.00. The fourth-order valence-electron chi connectivity index (χ4n) is 6.05. The number of carbonyl (C=O) groups is 2. The van der Waals surface area contributed by atoms with Crippen LogP contribution >= 0.6 is 18.9 Å². The molecule has 3 atom stereocenters. The van der Waals surface area contributed by atoms with Crippen molar-refractivity contribution in [2.24, 2.45) is 11.7 Å². The van der Waals surface area contributed by atoms with Crippen molar-refractivity contribution >= 4 is 36.1 Å². The Bertz CT molecular complexity index is 1870. The van der Waals surface area contributed by atoms with Crippen LogP contribution in [-0.4, -0.2) is 73.5 Å². The molecule has 3 aliphatic heterocycles. The van der Waals surface area contributed by atoms with Crippen molar-refractivity contribution in [3.63, 3.8) is 0 Å². The predicted octanol–water partition coefficient (Wildman–Crippen LogP) is 3.38. The highest BCUT2D eigenvalue weighted by atomic mass is 32.2. The highest BCUT2D eigenvalue weighted by Crippen LogP contribution is 2.45. The van der Waals surface area contributed by atoms with Crippen LogP contribution in [0.3, 0.4) is 0 Å². The van der Waals surface area contributed by atoms with Gasteiger partial charge in [-0.05, 0) is 42.5 Å². The first-order valence-corrected chi connectivity index (χ1v) is 18.7. The van der Waals surface area contributed by atoms with Crippen LogP contribution in [0.25, 0.3) is 0 Å². The van der Waals surface area contributed by atoms with Crippen LogP contribution in [0.5, 0.6) is 5.75 Å². The number of hydrogen-bond acceptors (Lipinski definition) is 10. The second-order valence-corrected chi connectivity index (χ2v) is 16.5. The molecule has 2 aromatic carbocycles. The molecule has 11 nitrogen and oxygen atoms in total. The first-order valence-electron chi connectivity index (χ1n) is 15.1. The van der Waals surface area contributed by atoms with Gasteiger partial charge in [-0.2, -0.15) is 0 Å². The molecule has 1 saturated heterocycles. The zero-order valence-electron chi connectivity index (χ0n) is 26.3. The number of rotatable bonds is 7. The average Bonchev–Trinajstić information content (AvgIpc) is 3.20. The lowest BCUT2D eigenvalue weighted by Gasteiger charge is -2.51. The summed E-state index contributed by atoms with van der Waals surface area (Å²) >= 11 is 1.35. The molecule has 4 heterocycles. The van der Waals surface area contributed by atoms with Crippen LogP contribution in [0, 0.1) is 17.6 Å². The third kappa shape index (κ3) is 5.85.